The number of nitrogens with one attached hydrogen (secondary N) is 5. The third kappa shape index (κ3) is 13.4. The molecule has 0 heterocycles. The van der Waals surface area contributed by atoms with Crippen molar-refractivity contribution >= 4 is 47.3 Å². The Kier molecular flexibility index (Phi) is 15.4. The Hall–Kier alpha value is -5.64. The number of carbonyl (C=O) groups excluding carboxylic acids is 5. The van der Waals surface area contributed by atoms with Crippen molar-refractivity contribution in [2.45, 2.75) is 69.2 Å². The first-order valence-corrected chi connectivity index (χ1v) is 14.8. The van der Waals surface area contributed by atoms with Crippen LogP contribution in [0.15, 0.2) is 60.7 Å². The van der Waals surface area contributed by atoms with Crippen LogP contribution in [0, 0.1) is 0 Å². The molecule has 2 rings (SSSR count). The highest BCUT2D eigenvalue weighted by Crippen LogP contribution is 2.09. The standard InChI is InChI=1S/C32H39N5O11/c1-18(38)21(13-19-9-5-3-6-10-19)34-30(46)23(14-20-11-7-4-8-12-20)35-31(47)25(17-28(43)44)37-32(48)24(16-27(41)42)36-29(45)22(33-2)15-26(39)40/h3-12,21-25,33H,13-17H2,1-2H3,(H,34,46)(H,35,47)(H,36,45)(H,37,48)(H,39,40)(H,41,42)(H,43,44). The van der Waals surface area contributed by atoms with Gasteiger partial charge in [0.05, 0.1) is 31.3 Å². The second kappa shape index (κ2) is 19.1. The largest absolute Gasteiger partial charge is 0.481 e. The molecule has 16 nitrogen and oxygen atoms in total. The molecule has 0 saturated carbocycles. The van der Waals surface area contributed by atoms with Crippen LogP contribution in [-0.2, 0) is 51.2 Å². The Morgan fingerprint density at radius 3 is 1.19 bits per heavy atom. The Morgan fingerprint density at radius 1 is 0.500 bits per heavy atom. The molecule has 0 aromatic heterocycles. The fraction of sp³-hybridized carbons (Fsp3) is 0.375. The number of aliphatic carboxylic acids is 3. The molecule has 48 heavy (non-hydrogen) atoms. The summed E-state index contributed by atoms with van der Waals surface area (Å²) >= 11 is 0. The van der Waals surface area contributed by atoms with Crippen molar-refractivity contribution in [2.75, 3.05) is 7.05 Å². The molecule has 258 valence electrons. The van der Waals surface area contributed by atoms with Crippen molar-refractivity contribution in [2.24, 2.45) is 0 Å². The van der Waals surface area contributed by atoms with E-state index >= 15 is 0 Å². The van der Waals surface area contributed by atoms with Crippen LogP contribution < -0.4 is 26.6 Å². The summed E-state index contributed by atoms with van der Waals surface area (Å²) in [6.45, 7) is 1.30. The molecule has 0 saturated heterocycles. The highest BCUT2D eigenvalue weighted by Gasteiger charge is 2.34. The quantitative estimate of drug-likeness (QED) is 0.0846. The molecule has 4 amide bonds. The Morgan fingerprint density at radius 2 is 0.812 bits per heavy atom. The number of ketones is 1. The maximum Gasteiger partial charge on any atom is 0.305 e. The van der Waals surface area contributed by atoms with Crippen molar-refractivity contribution in [3.8, 4) is 0 Å². The number of carboxylic acid groups (broad SMARTS) is 3. The summed E-state index contributed by atoms with van der Waals surface area (Å²) in [5.41, 5.74) is 1.36. The minimum Gasteiger partial charge on any atom is -0.481 e. The first-order chi connectivity index (χ1) is 22.7. The van der Waals surface area contributed by atoms with Gasteiger partial charge in [0.15, 0.2) is 5.78 Å². The molecule has 5 atom stereocenters. The van der Waals surface area contributed by atoms with Gasteiger partial charge in [0.1, 0.15) is 18.1 Å². The van der Waals surface area contributed by atoms with Gasteiger partial charge in [0.25, 0.3) is 0 Å². The number of benzene rings is 2. The van der Waals surface area contributed by atoms with Crippen LogP contribution in [0.2, 0.25) is 0 Å². The maximum absolute atomic E-state index is 13.5. The number of carbonyl (C=O) groups is 8. The lowest BCUT2D eigenvalue weighted by atomic mass is 10.0. The van der Waals surface area contributed by atoms with Crippen molar-refractivity contribution in [1.82, 2.24) is 26.6 Å². The second-order valence-corrected chi connectivity index (χ2v) is 10.9. The van der Waals surface area contributed by atoms with Gasteiger partial charge in [-0.2, -0.15) is 0 Å². The van der Waals surface area contributed by atoms with Gasteiger partial charge in [0.2, 0.25) is 23.6 Å². The minimum atomic E-state index is -1.85. The lowest BCUT2D eigenvalue weighted by Crippen LogP contribution is -2.59. The van der Waals surface area contributed by atoms with Gasteiger partial charge in [-0.3, -0.25) is 38.4 Å². The average molecular weight is 670 g/mol. The first kappa shape index (κ1) is 38.5. The lowest BCUT2D eigenvalue weighted by molar-refractivity contribution is -0.144. The minimum absolute atomic E-state index is 0.0885. The molecule has 5 unspecified atom stereocenters. The number of carboxylic acids is 3. The zero-order valence-electron chi connectivity index (χ0n) is 26.3. The Balaban J connectivity index is 2.32. The summed E-state index contributed by atoms with van der Waals surface area (Å²) in [6.07, 6.45) is -2.62. The van der Waals surface area contributed by atoms with Crippen LogP contribution in [0.4, 0.5) is 0 Å². The zero-order valence-corrected chi connectivity index (χ0v) is 26.3. The van der Waals surface area contributed by atoms with Gasteiger partial charge in [0, 0.05) is 6.42 Å². The summed E-state index contributed by atoms with van der Waals surface area (Å²) < 4.78 is 0. The highest BCUT2D eigenvalue weighted by atomic mass is 16.4. The molecule has 16 heteroatoms. The third-order valence-corrected chi connectivity index (χ3v) is 7.07. The SMILES string of the molecule is CNC(CC(=O)O)C(=O)NC(CC(=O)O)C(=O)NC(CC(=O)O)C(=O)NC(Cc1ccccc1)C(=O)NC(Cc1ccccc1)C(C)=O. The van der Waals surface area contributed by atoms with Crippen LogP contribution in [-0.4, -0.2) is 99.9 Å². The number of amides is 4. The molecule has 0 spiro atoms. The molecule has 8 N–H and O–H groups in total. The van der Waals surface area contributed by atoms with Crippen LogP contribution >= 0.6 is 0 Å². The van der Waals surface area contributed by atoms with Crippen LogP contribution in [0.3, 0.4) is 0 Å². The van der Waals surface area contributed by atoms with Crippen LogP contribution in [0.1, 0.15) is 37.3 Å². The summed E-state index contributed by atoms with van der Waals surface area (Å²) in [5.74, 6) is -8.95. The fourth-order valence-corrected chi connectivity index (χ4v) is 4.56. The van der Waals surface area contributed by atoms with E-state index < -0.39 is 91.0 Å². The number of likely N-dealkylation sites (N-methyl/N-ethyl adjacent to an activating group) is 1. The van der Waals surface area contributed by atoms with E-state index in [1.54, 1.807) is 60.7 Å². The number of Topliss-reactive ketones (excluding diaryl/α,β-unsaturated/α-hetero) is 1. The van der Waals surface area contributed by atoms with Crippen LogP contribution in [0.5, 0.6) is 0 Å². The number of hydrogen-bond donors (Lipinski definition) is 8. The van der Waals surface area contributed by atoms with Gasteiger partial charge in [-0.1, -0.05) is 60.7 Å². The molecule has 2 aromatic carbocycles. The lowest BCUT2D eigenvalue weighted by Gasteiger charge is -2.26. The topological polar surface area (TPSA) is 257 Å². The van der Waals surface area contributed by atoms with Gasteiger partial charge in [-0.15, -0.1) is 0 Å². The summed E-state index contributed by atoms with van der Waals surface area (Å²) in [5, 5.41) is 39.6. The molecular formula is C32H39N5O11. The highest BCUT2D eigenvalue weighted by molar-refractivity contribution is 5.98. The normalized spacial score (nSPS) is 13.8. The average Bonchev–Trinajstić information content (AvgIpc) is 3.02. The third-order valence-electron chi connectivity index (χ3n) is 7.07. The number of hydrogen-bond acceptors (Lipinski definition) is 9. The fourth-order valence-electron chi connectivity index (χ4n) is 4.56. The predicted octanol–water partition coefficient (Wildman–Crippen LogP) is -0.988. The Labute approximate surface area is 275 Å². The first-order valence-electron chi connectivity index (χ1n) is 14.8. The predicted molar refractivity (Wildman–Crippen MR) is 168 cm³/mol. The van der Waals surface area contributed by atoms with Crippen molar-refractivity contribution < 1.29 is 53.7 Å². The monoisotopic (exact) mass is 669 g/mol. The van der Waals surface area contributed by atoms with E-state index in [-0.39, 0.29) is 18.6 Å². The van der Waals surface area contributed by atoms with Crippen molar-refractivity contribution in [3.05, 3.63) is 71.8 Å². The van der Waals surface area contributed by atoms with E-state index in [2.05, 4.69) is 26.6 Å². The van der Waals surface area contributed by atoms with E-state index in [9.17, 15) is 48.6 Å². The van der Waals surface area contributed by atoms with Crippen LogP contribution in [0.25, 0.3) is 0 Å². The number of rotatable bonds is 20. The molecule has 0 bridgehead atoms. The van der Waals surface area contributed by atoms with E-state index in [1.165, 1.54) is 14.0 Å². The van der Waals surface area contributed by atoms with Gasteiger partial charge in [-0.25, -0.2) is 0 Å². The van der Waals surface area contributed by atoms with E-state index in [1.807, 2.05) is 0 Å². The van der Waals surface area contributed by atoms with Gasteiger partial charge >= 0.3 is 17.9 Å². The summed E-state index contributed by atoms with van der Waals surface area (Å²) in [4.78, 5) is 99.4. The molecular weight excluding hydrogens is 630 g/mol. The molecule has 0 aliphatic heterocycles. The molecule has 0 radical (unpaired) electrons. The summed E-state index contributed by atoms with van der Waals surface area (Å²) in [7, 11) is 1.27. The van der Waals surface area contributed by atoms with Gasteiger partial charge < -0.3 is 41.9 Å². The van der Waals surface area contributed by atoms with E-state index in [0.29, 0.717) is 5.56 Å². The van der Waals surface area contributed by atoms with Crippen molar-refractivity contribution in [3.63, 3.8) is 0 Å². The Bertz CT molecular complexity index is 1470. The maximum atomic E-state index is 13.5. The molecule has 2 aromatic rings. The molecule has 0 aliphatic rings. The smallest absolute Gasteiger partial charge is 0.305 e. The molecule has 0 aliphatic carbocycles. The zero-order chi connectivity index (χ0) is 35.8. The summed E-state index contributed by atoms with van der Waals surface area (Å²) in [6, 6.07) is 10.0. The second-order valence-electron chi connectivity index (χ2n) is 10.9. The van der Waals surface area contributed by atoms with Gasteiger partial charge in [-0.05, 0) is 31.5 Å². The van der Waals surface area contributed by atoms with E-state index in [4.69, 9.17) is 5.11 Å². The van der Waals surface area contributed by atoms with Crippen molar-refractivity contribution in [1.29, 1.82) is 0 Å². The van der Waals surface area contributed by atoms with E-state index in [0.717, 1.165) is 5.56 Å². The molecule has 0 fully saturated rings.